The molecule has 3 aromatic rings. The molecular formula is C21H19FN2O3S2. The van der Waals surface area contributed by atoms with Gasteiger partial charge in [0.2, 0.25) is 10.0 Å². The molecule has 0 spiro atoms. The number of nitrogens with zero attached hydrogens (tertiary/aromatic N) is 2. The second-order valence-corrected chi connectivity index (χ2v) is 9.54. The van der Waals surface area contributed by atoms with Crippen molar-refractivity contribution in [3.8, 4) is 11.1 Å². The number of carbonyl (C=O) groups is 1. The molecule has 4 rings (SSSR count). The number of sulfonamides is 1. The van der Waals surface area contributed by atoms with Crippen LogP contribution < -0.4 is 0 Å². The van der Waals surface area contributed by atoms with Gasteiger partial charge in [-0.25, -0.2) is 12.8 Å². The van der Waals surface area contributed by atoms with E-state index in [0.29, 0.717) is 18.0 Å². The van der Waals surface area contributed by atoms with Crippen LogP contribution in [0.1, 0.15) is 9.67 Å². The van der Waals surface area contributed by atoms with Crippen molar-refractivity contribution in [1.29, 1.82) is 0 Å². The van der Waals surface area contributed by atoms with Crippen LogP contribution in [0, 0.1) is 5.82 Å². The van der Waals surface area contributed by atoms with Gasteiger partial charge in [0, 0.05) is 31.7 Å². The van der Waals surface area contributed by atoms with Crippen LogP contribution in [-0.2, 0) is 10.0 Å². The Labute approximate surface area is 173 Å². The third-order valence-corrected chi connectivity index (χ3v) is 7.70. The lowest BCUT2D eigenvalue weighted by atomic mass is 10.1. The van der Waals surface area contributed by atoms with Crippen LogP contribution in [0.2, 0.25) is 0 Å². The number of piperazine rings is 1. The van der Waals surface area contributed by atoms with E-state index in [2.05, 4.69) is 0 Å². The minimum absolute atomic E-state index is 0.0677. The normalized spacial score (nSPS) is 15.4. The summed E-state index contributed by atoms with van der Waals surface area (Å²) in [4.78, 5) is 15.3. The second-order valence-electron chi connectivity index (χ2n) is 6.68. The summed E-state index contributed by atoms with van der Waals surface area (Å²) in [7, 11) is -3.78. The first kappa shape index (κ1) is 19.8. The highest BCUT2D eigenvalue weighted by Crippen LogP contribution is 2.30. The number of hydrogen-bond donors (Lipinski definition) is 0. The van der Waals surface area contributed by atoms with Crippen molar-refractivity contribution >= 4 is 27.3 Å². The fraction of sp³-hybridized carbons (Fsp3) is 0.190. The average molecular weight is 431 g/mol. The maximum atomic E-state index is 13.4. The minimum Gasteiger partial charge on any atom is -0.335 e. The number of thiophene rings is 1. The number of amides is 1. The van der Waals surface area contributed by atoms with Crippen LogP contribution in [0.15, 0.2) is 70.9 Å². The lowest BCUT2D eigenvalue weighted by Crippen LogP contribution is -2.50. The molecular weight excluding hydrogens is 411 g/mol. The number of halogens is 1. The van der Waals surface area contributed by atoms with Gasteiger partial charge >= 0.3 is 0 Å². The third kappa shape index (κ3) is 3.96. The maximum Gasteiger partial charge on any atom is 0.264 e. The predicted molar refractivity (Wildman–Crippen MR) is 111 cm³/mol. The molecule has 5 nitrogen and oxygen atoms in total. The van der Waals surface area contributed by atoms with Crippen molar-refractivity contribution in [2.24, 2.45) is 0 Å². The maximum absolute atomic E-state index is 13.4. The Morgan fingerprint density at radius 2 is 1.66 bits per heavy atom. The summed E-state index contributed by atoms with van der Waals surface area (Å²) in [6, 6.07) is 16.6. The van der Waals surface area contributed by atoms with E-state index in [9.17, 15) is 17.6 Å². The van der Waals surface area contributed by atoms with Gasteiger partial charge in [0.15, 0.2) is 0 Å². The van der Waals surface area contributed by atoms with Crippen LogP contribution in [-0.4, -0.2) is 49.7 Å². The zero-order chi connectivity index (χ0) is 20.4. The Morgan fingerprint density at radius 3 is 2.34 bits per heavy atom. The van der Waals surface area contributed by atoms with Gasteiger partial charge in [-0.3, -0.25) is 4.79 Å². The van der Waals surface area contributed by atoms with E-state index >= 15 is 0 Å². The molecule has 8 heteroatoms. The molecule has 2 heterocycles. The molecule has 0 atom stereocenters. The zero-order valence-electron chi connectivity index (χ0n) is 15.5. The Morgan fingerprint density at radius 1 is 0.931 bits per heavy atom. The van der Waals surface area contributed by atoms with Crippen LogP contribution in [0.25, 0.3) is 11.1 Å². The van der Waals surface area contributed by atoms with Gasteiger partial charge in [0.25, 0.3) is 5.91 Å². The van der Waals surface area contributed by atoms with Crippen molar-refractivity contribution in [2.75, 3.05) is 26.2 Å². The molecule has 0 bridgehead atoms. The van der Waals surface area contributed by atoms with Crippen LogP contribution >= 0.6 is 11.3 Å². The standard InChI is InChI=1S/C21H19FN2O3S2/c22-17-7-4-8-18(15-17)29(26,27)24-12-10-23(11-13-24)21(25)20-19(9-14-28-20)16-5-2-1-3-6-16/h1-9,14-15H,10-13H2. The number of benzene rings is 2. The van der Waals surface area contributed by atoms with Crippen molar-refractivity contribution in [2.45, 2.75) is 4.90 Å². The monoisotopic (exact) mass is 430 g/mol. The van der Waals surface area contributed by atoms with Crippen LogP contribution in [0.3, 0.4) is 0 Å². The molecule has 1 aliphatic heterocycles. The van der Waals surface area contributed by atoms with E-state index in [1.54, 1.807) is 4.90 Å². The van der Waals surface area contributed by atoms with Crippen molar-refractivity contribution in [1.82, 2.24) is 9.21 Å². The van der Waals surface area contributed by atoms with Gasteiger partial charge in [0.05, 0.1) is 9.77 Å². The molecule has 1 fully saturated rings. The molecule has 1 aromatic heterocycles. The highest BCUT2D eigenvalue weighted by molar-refractivity contribution is 7.89. The molecule has 1 aliphatic rings. The van der Waals surface area contributed by atoms with Gasteiger partial charge in [0.1, 0.15) is 5.82 Å². The first-order valence-corrected chi connectivity index (χ1v) is 11.5. The average Bonchev–Trinajstić information content (AvgIpc) is 3.24. The summed E-state index contributed by atoms with van der Waals surface area (Å²) in [5.41, 5.74) is 1.86. The summed E-state index contributed by atoms with van der Waals surface area (Å²) in [6.45, 7) is 0.937. The van der Waals surface area contributed by atoms with Gasteiger partial charge in [-0.15, -0.1) is 11.3 Å². The smallest absolute Gasteiger partial charge is 0.264 e. The summed E-state index contributed by atoms with van der Waals surface area (Å²) < 4.78 is 40.2. The van der Waals surface area contributed by atoms with Crippen LogP contribution in [0.4, 0.5) is 4.39 Å². The molecule has 0 radical (unpaired) electrons. The topological polar surface area (TPSA) is 57.7 Å². The summed E-state index contributed by atoms with van der Waals surface area (Å²) in [5, 5.41) is 1.89. The Balaban J connectivity index is 1.48. The number of hydrogen-bond acceptors (Lipinski definition) is 4. The minimum atomic E-state index is -3.78. The molecule has 2 aromatic carbocycles. The Bertz CT molecular complexity index is 1120. The van der Waals surface area contributed by atoms with Gasteiger partial charge in [-0.1, -0.05) is 36.4 Å². The summed E-state index contributed by atoms with van der Waals surface area (Å²) in [6.07, 6.45) is 0. The molecule has 0 N–H and O–H groups in total. The van der Waals surface area contributed by atoms with Crippen molar-refractivity contribution in [3.05, 3.63) is 76.7 Å². The SMILES string of the molecule is O=C(c1sccc1-c1ccccc1)N1CCN(S(=O)(=O)c2cccc(F)c2)CC1. The largest absolute Gasteiger partial charge is 0.335 e. The number of rotatable bonds is 4. The van der Waals surface area contributed by atoms with E-state index in [0.717, 1.165) is 17.2 Å². The first-order chi connectivity index (χ1) is 14.0. The van der Waals surface area contributed by atoms with Gasteiger partial charge < -0.3 is 4.90 Å². The molecule has 29 heavy (non-hydrogen) atoms. The molecule has 0 saturated carbocycles. The predicted octanol–water partition coefficient (Wildman–Crippen LogP) is 3.70. The van der Waals surface area contributed by atoms with E-state index in [4.69, 9.17) is 0 Å². The zero-order valence-corrected chi connectivity index (χ0v) is 17.1. The van der Waals surface area contributed by atoms with Crippen molar-refractivity contribution in [3.63, 3.8) is 0 Å². The van der Waals surface area contributed by atoms with Gasteiger partial charge in [-0.2, -0.15) is 4.31 Å². The van der Waals surface area contributed by atoms with E-state index in [1.807, 2.05) is 41.8 Å². The molecule has 1 amide bonds. The first-order valence-electron chi connectivity index (χ1n) is 9.15. The van der Waals surface area contributed by atoms with Crippen molar-refractivity contribution < 1.29 is 17.6 Å². The van der Waals surface area contributed by atoms with E-state index in [1.165, 1.54) is 33.8 Å². The lowest BCUT2D eigenvalue weighted by Gasteiger charge is -2.34. The lowest BCUT2D eigenvalue weighted by molar-refractivity contribution is 0.0703. The molecule has 0 unspecified atom stereocenters. The van der Waals surface area contributed by atoms with E-state index in [-0.39, 0.29) is 23.9 Å². The molecule has 150 valence electrons. The van der Waals surface area contributed by atoms with E-state index < -0.39 is 15.8 Å². The summed E-state index contributed by atoms with van der Waals surface area (Å²) in [5.74, 6) is -0.687. The molecule has 1 saturated heterocycles. The fourth-order valence-electron chi connectivity index (χ4n) is 3.37. The van der Waals surface area contributed by atoms with Gasteiger partial charge in [-0.05, 0) is 35.2 Å². The second kappa shape index (κ2) is 8.06. The van der Waals surface area contributed by atoms with Crippen LogP contribution in [0.5, 0.6) is 0 Å². The quantitative estimate of drug-likeness (QED) is 0.634. The fourth-order valence-corrected chi connectivity index (χ4v) is 5.71. The highest BCUT2D eigenvalue weighted by atomic mass is 32.2. The third-order valence-electron chi connectivity index (χ3n) is 4.90. The Hall–Kier alpha value is -2.55. The highest BCUT2D eigenvalue weighted by Gasteiger charge is 2.31. The molecule has 0 aliphatic carbocycles. The number of carbonyl (C=O) groups excluding carboxylic acids is 1. The summed E-state index contributed by atoms with van der Waals surface area (Å²) >= 11 is 1.39. The Kier molecular flexibility index (Phi) is 5.49.